The Bertz CT molecular complexity index is 1100. The van der Waals surface area contributed by atoms with E-state index in [0.29, 0.717) is 32.0 Å². The van der Waals surface area contributed by atoms with Gasteiger partial charge in [-0.2, -0.15) is 0 Å². The minimum atomic E-state index is -0.0548. The van der Waals surface area contributed by atoms with Crippen molar-refractivity contribution >= 4 is 22.8 Å². The highest BCUT2D eigenvalue weighted by molar-refractivity contribution is 5.79. The number of piperidine rings is 1. The van der Waals surface area contributed by atoms with E-state index in [2.05, 4.69) is 29.4 Å². The molecule has 1 atom stereocenters. The maximum absolute atomic E-state index is 13.0. The number of anilines is 1. The fourth-order valence-electron chi connectivity index (χ4n) is 4.35. The van der Waals surface area contributed by atoms with E-state index < -0.39 is 0 Å². The van der Waals surface area contributed by atoms with Crippen LogP contribution in [0.3, 0.4) is 0 Å². The summed E-state index contributed by atoms with van der Waals surface area (Å²) in [6, 6.07) is 18.0. The number of hydrogen-bond acceptors (Lipinski definition) is 4. The van der Waals surface area contributed by atoms with Crippen LogP contribution in [0.1, 0.15) is 38.2 Å². The Kier molecular flexibility index (Phi) is 6.35. The van der Waals surface area contributed by atoms with Gasteiger partial charge in [0.15, 0.2) is 5.82 Å². The molecule has 1 aromatic heterocycles. The molecule has 31 heavy (non-hydrogen) atoms. The molecule has 3 aromatic rings. The first-order valence-corrected chi connectivity index (χ1v) is 11.2. The summed E-state index contributed by atoms with van der Waals surface area (Å²) >= 11 is 0. The van der Waals surface area contributed by atoms with Gasteiger partial charge in [-0.15, -0.1) is 0 Å². The number of rotatable bonds is 6. The lowest BCUT2D eigenvalue weighted by Crippen LogP contribution is -2.43. The van der Waals surface area contributed by atoms with Crippen LogP contribution in [0.5, 0.6) is 0 Å². The van der Waals surface area contributed by atoms with Crippen LogP contribution in [-0.2, 0) is 11.3 Å². The molecule has 2 heterocycles. The van der Waals surface area contributed by atoms with E-state index in [1.54, 1.807) is 4.57 Å². The second-order valence-electron chi connectivity index (χ2n) is 8.29. The second kappa shape index (κ2) is 9.33. The summed E-state index contributed by atoms with van der Waals surface area (Å²) < 4.78 is 1.78. The van der Waals surface area contributed by atoms with Gasteiger partial charge in [0.2, 0.25) is 5.91 Å². The van der Waals surface area contributed by atoms with Gasteiger partial charge in [-0.1, -0.05) is 49.4 Å². The molecule has 1 amide bonds. The summed E-state index contributed by atoms with van der Waals surface area (Å²) in [5.41, 5.74) is 2.86. The highest BCUT2D eigenvalue weighted by atomic mass is 16.2. The molecular weight excluding hydrogens is 388 g/mol. The number of fused-ring (bicyclic) bond motifs is 1. The van der Waals surface area contributed by atoms with Gasteiger partial charge in [0.05, 0.1) is 11.0 Å². The van der Waals surface area contributed by atoms with Crippen molar-refractivity contribution in [3.63, 3.8) is 0 Å². The van der Waals surface area contributed by atoms with E-state index >= 15 is 0 Å². The third-order valence-corrected chi connectivity index (χ3v) is 6.27. The number of benzene rings is 2. The van der Waals surface area contributed by atoms with Crippen molar-refractivity contribution in [2.24, 2.45) is 5.92 Å². The summed E-state index contributed by atoms with van der Waals surface area (Å²) in [5.74, 6) is 0.865. The number of nitrogens with zero attached hydrogens (tertiary/aromatic N) is 3. The average molecular weight is 419 g/mol. The molecule has 0 saturated carbocycles. The van der Waals surface area contributed by atoms with Gasteiger partial charge in [0.1, 0.15) is 0 Å². The Morgan fingerprint density at radius 2 is 1.77 bits per heavy atom. The quantitative estimate of drug-likeness (QED) is 0.665. The zero-order chi connectivity index (χ0) is 21.8. The van der Waals surface area contributed by atoms with Crippen molar-refractivity contribution in [2.75, 3.05) is 24.5 Å². The lowest BCUT2D eigenvalue weighted by Gasteiger charge is -2.32. The molecule has 4 rings (SSSR count). The highest BCUT2D eigenvalue weighted by Crippen LogP contribution is 2.22. The minimum absolute atomic E-state index is 0.0203. The molecule has 6 heteroatoms. The molecule has 1 fully saturated rings. The van der Waals surface area contributed by atoms with Gasteiger partial charge >= 0.3 is 0 Å². The van der Waals surface area contributed by atoms with E-state index in [-0.39, 0.29) is 23.3 Å². The molecule has 0 spiro atoms. The molecule has 1 aliphatic rings. The fraction of sp³-hybridized carbons (Fsp3) is 0.400. The van der Waals surface area contributed by atoms with Crippen molar-refractivity contribution < 1.29 is 4.79 Å². The molecule has 0 bridgehead atoms. The van der Waals surface area contributed by atoms with Crippen LogP contribution in [0.25, 0.3) is 11.0 Å². The van der Waals surface area contributed by atoms with Crippen LogP contribution >= 0.6 is 0 Å². The van der Waals surface area contributed by atoms with Gasteiger partial charge in [0.25, 0.3) is 5.56 Å². The van der Waals surface area contributed by atoms with Crippen molar-refractivity contribution in [2.45, 2.75) is 39.2 Å². The molecule has 162 valence electrons. The van der Waals surface area contributed by atoms with E-state index in [9.17, 15) is 9.59 Å². The molecule has 0 radical (unpaired) electrons. The second-order valence-corrected chi connectivity index (χ2v) is 8.29. The standard InChI is InChI=1S/C25H30N4O2/c1-3-29-22-12-8-7-11-21(22)27-23(25(29)31)28-15-13-20(14-16-28)24(30)26-17-18(2)19-9-5-4-6-10-19/h4-12,18,20H,3,13-17H2,1-2H3,(H,26,30). The summed E-state index contributed by atoms with van der Waals surface area (Å²) in [7, 11) is 0. The first kappa shape index (κ1) is 21.1. The SMILES string of the molecule is CCn1c(=O)c(N2CCC(C(=O)NCC(C)c3ccccc3)CC2)nc2ccccc21. The predicted molar refractivity (Wildman–Crippen MR) is 124 cm³/mol. The average Bonchev–Trinajstić information content (AvgIpc) is 2.82. The summed E-state index contributed by atoms with van der Waals surface area (Å²) in [6.45, 7) is 6.67. The zero-order valence-electron chi connectivity index (χ0n) is 18.3. The summed E-state index contributed by atoms with van der Waals surface area (Å²) in [6.07, 6.45) is 1.46. The monoisotopic (exact) mass is 418 g/mol. The Hall–Kier alpha value is -3.15. The van der Waals surface area contributed by atoms with E-state index in [4.69, 9.17) is 0 Å². The largest absolute Gasteiger partial charge is 0.355 e. The van der Waals surface area contributed by atoms with Crippen LogP contribution in [0.15, 0.2) is 59.4 Å². The van der Waals surface area contributed by atoms with Gasteiger partial charge in [0, 0.05) is 32.1 Å². The molecule has 1 aliphatic heterocycles. The van der Waals surface area contributed by atoms with E-state index in [1.807, 2.05) is 54.3 Å². The summed E-state index contributed by atoms with van der Waals surface area (Å²) in [5, 5.41) is 3.12. The van der Waals surface area contributed by atoms with Gasteiger partial charge in [-0.3, -0.25) is 9.59 Å². The Labute approximate surface area is 182 Å². The Balaban J connectivity index is 1.39. The van der Waals surface area contributed by atoms with Crippen molar-refractivity contribution in [3.8, 4) is 0 Å². The van der Waals surface area contributed by atoms with Gasteiger partial charge < -0.3 is 14.8 Å². The van der Waals surface area contributed by atoms with E-state index in [0.717, 1.165) is 23.9 Å². The Morgan fingerprint density at radius 1 is 1.10 bits per heavy atom. The third-order valence-electron chi connectivity index (χ3n) is 6.27. The number of nitrogens with one attached hydrogen (secondary N) is 1. The molecule has 1 N–H and O–H groups in total. The topological polar surface area (TPSA) is 67.2 Å². The van der Waals surface area contributed by atoms with Gasteiger partial charge in [-0.05, 0) is 43.4 Å². The molecular formula is C25H30N4O2. The van der Waals surface area contributed by atoms with Crippen LogP contribution in [0.2, 0.25) is 0 Å². The smallest absolute Gasteiger partial charge is 0.293 e. The molecule has 6 nitrogen and oxygen atoms in total. The van der Waals surface area contributed by atoms with Crippen molar-refractivity contribution in [3.05, 3.63) is 70.5 Å². The minimum Gasteiger partial charge on any atom is -0.355 e. The summed E-state index contributed by atoms with van der Waals surface area (Å²) in [4.78, 5) is 32.4. The maximum Gasteiger partial charge on any atom is 0.293 e. The van der Waals surface area contributed by atoms with Gasteiger partial charge in [-0.25, -0.2) is 4.98 Å². The molecule has 1 saturated heterocycles. The first-order chi connectivity index (χ1) is 15.1. The lowest BCUT2D eigenvalue weighted by molar-refractivity contribution is -0.125. The number of amides is 1. The van der Waals surface area contributed by atoms with Crippen LogP contribution < -0.4 is 15.8 Å². The number of carbonyl (C=O) groups is 1. The third kappa shape index (κ3) is 4.48. The number of hydrogen-bond donors (Lipinski definition) is 1. The normalized spacial score (nSPS) is 15.7. The Morgan fingerprint density at radius 3 is 2.48 bits per heavy atom. The number of para-hydroxylation sites is 2. The molecule has 0 aliphatic carbocycles. The first-order valence-electron chi connectivity index (χ1n) is 11.2. The molecule has 1 unspecified atom stereocenters. The number of aryl methyl sites for hydroxylation is 1. The number of aromatic nitrogens is 2. The highest BCUT2D eigenvalue weighted by Gasteiger charge is 2.27. The van der Waals surface area contributed by atoms with Crippen LogP contribution in [0, 0.1) is 5.92 Å². The lowest BCUT2D eigenvalue weighted by atomic mass is 9.95. The van der Waals surface area contributed by atoms with E-state index in [1.165, 1.54) is 5.56 Å². The zero-order valence-corrected chi connectivity index (χ0v) is 18.3. The molecule has 2 aromatic carbocycles. The fourth-order valence-corrected chi connectivity index (χ4v) is 4.35. The van der Waals surface area contributed by atoms with Crippen LogP contribution in [0.4, 0.5) is 5.82 Å². The van der Waals surface area contributed by atoms with Crippen molar-refractivity contribution in [1.82, 2.24) is 14.9 Å². The maximum atomic E-state index is 13.0. The predicted octanol–water partition coefficient (Wildman–Crippen LogP) is 3.55. The van der Waals surface area contributed by atoms with Crippen LogP contribution in [-0.4, -0.2) is 35.1 Å². The van der Waals surface area contributed by atoms with Crippen molar-refractivity contribution in [1.29, 1.82) is 0 Å². The number of carbonyl (C=O) groups excluding carboxylic acids is 1.